The van der Waals surface area contributed by atoms with Gasteiger partial charge >= 0.3 is 5.97 Å². The molecule has 2 aliphatic carbocycles. The number of carboxylic acid groups (broad SMARTS) is 1. The molecule has 1 aliphatic heterocycles. The van der Waals surface area contributed by atoms with E-state index in [2.05, 4.69) is 40.9 Å². The Morgan fingerprint density at radius 3 is 2.11 bits per heavy atom. The van der Waals surface area contributed by atoms with Gasteiger partial charge in [-0.25, -0.2) is 10.3 Å². The van der Waals surface area contributed by atoms with Crippen molar-refractivity contribution in [3.05, 3.63) is 23.8 Å². The van der Waals surface area contributed by atoms with Gasteiger partial charge in [0.1, 0.15) is 6.04 Å². The fraction of sp³-hybridized carbons (Fsp3) is 0.833. The first-order chi connectivity index (χ1) is 21.7. The van der Waals surface area contributed by atoms with E-state index in [4.69, 9.17) is 9.57 Å². The molecule has 45 heavy (non-hydrogen) atoms. The number of hydroxylamine groups is 1. The Labute approximate surface area is 273 Å². The van der Waals surface area contributed by atoms with Crippen molar-refractivity contribution >= 4 is 11.9 Å². The van der Waals surface area contributed by atoms with E-state index >= 15 is 0 Å². The molecule has 2 saturated carbocycles. The van der Waals surface area contributed by atoms with Crippen LogP contribution in [0.2, 0.25) is 0 Å². The molecule has 4 N–H and O–H groups in total. The smallest absolute Gasteiger partial charge is 0.320 e. The predicted octanol–water partition coefficient (Wildman–Crippen LogP) is 5.68. The topological polar surface area (TPSA) is 112 Å². The summed E-state index contributed by atoms with van der Waals surface area (Å²) in [4.78, 5) is 32.3. The molecule has 1 unspecified atom stereocenters. The zero-order valence-electron chi connectivity index (χ0n) is 28.7. The molecule has 1 heterocycles. The van der Waals surface area contributed by atoms with Gasteiger partial charge in [-0.15, -0.1) is 0 Å². The van der Waals surface area contributed by atoms with Crippen molar-refractivity contribution in [2.75, 3.05) is 45.9 Å². The summed E-state index contributed by atoms with van der Waals surface area (Å²) in [6.07, 6.45) is 19.2. The summed E-state index contributed by atoms with van der Waals surface area (Å²) in [6.45, 7) is 14.6. The largest absolute Gasteiger partial charge is 0.480 e. The molecule has 3 fully saturated rings. The third-order valence-corrected chi connectivity index (χ3v) is 9.88. The molecule has 0 bridgehead atoms. The van der Waals surface area contributed by atoms with E-state index in [0.717, 1.165) is 70.4 Å². The summed E-state index contributed by atoms with van der Waals surface area (Å²) in [6, 6.07) is -0.363. The molecule has 0 spiro atoms. The average Bonchev–Trinajstić information content (AvgIpc) is 3.04. The van der Waals surface area contributed by atoms with E-state index in [1.54, 1.807) is 6.92 Å². The second kappa shape index (κ2) is 21.2. The van der Waals surface area contributed by atoms with Crippen molar-refractivity contribution in [3.63, 3.8) is 0 Å². The van der Waals surface area contributed by atoms with E-state index in [1.165, 1.54) is 57.8 Å². The van der Waals surface area contributed by atoms with Crippen LogP contribution in [0.4, 0.5) is 0 Å². The molecule has 3 rings (SSSR count). The minimum Gasteiger partial charge on any atom is -0.480 e. The molecule has 0 radical (unpaired) electrons. The van der Waals surface area contributed by atoms with Crippen LogP contribution < -0.4 is 16.1 Å². The number of allylic oxidation sites excluding steroid dienone is 1. The first-order valence-corrected chi connectivity index (χ1v) is 18.1. The summed E-state index contributed by atoms with van der Waals surface area (Å²) in [5.41, 5.74) is 3.14. The highest BCUT2D eigenvalue weighted by Gasteiger charge is 2.30. The maximum Gasteiger partial charge on any atom is 0.320 e. The lowest BCUT2D eigenvalue weighted by atomic mass is 9.80. The first kappa shape index (κ1) is 37.7. The Morgan fingerprint density at radius 1 is 0.889 bits per heavy atom. The minimum atomic E-state index is -0.663. The quantitative estimate of drug-likeness (QED) is 0.0624. The molecule has 1 saturated heterocycles. The Morgan fingerprint density at radius 2 is 1.51 bits per heavy atom. The number of nitrogens with zero attached hydrogens (tertiary/aromatic N) is 1. The lowest BCUT2D eigenvalue weighted by molar-refractivity contribution is -0.180. The number of likely N-dealkylation sites (tertiary alicyclic amines) is 1. The van der Waals surface area contributed by atoms with Crippen LogP contribution in [0.5, 0.6) is 0 Å². The third kappa shape index (κ3) is 14.7. The number of ether oxygens (including phenoxy) is 1. The second-order valence-corrected chi connectivity index (χ2v) is 14.2. The van der Waals surface area contributed by atoms with Gasteiger partial charge in [0.2, 0.25) is 0 Å². The second-order valence-electron chi connectivity index (χ2n) is 14.2. The van der Waals surface area contributed by atoms with E-state index in [9.17, 15) is 14.7 Å². The fourth-order valence-electron chi connectivity index (χ4n) is 7.06. The van der Waals surface area contributed by atoms with Gasteiger partial charge in [-0.1, -0.05) is 58.3 Å². The molecule has 258 valence electrons. The van der Waals surface area contributed by atoms with E-state index in [1.807, 2.05) is 19.1 Å². The number of aliphatic carboxylic acids is 1. The zero-order chi connectivity index (χ0) is 32.4. The number of amides is 1. The fourth-order valence-corrected chi connectivity index (χ4v) is 7.06. The number of nitrogens with one attached hydrogen (secondary N) is 3. The van der Waals surface area contributed by atoms with Crippen LogP contribution in [0.15, 0.2) is 23.8 Å². The highest BCUT2D eigenvalue weighted by atomic mass is 16.8. The summed E-state index contributed by atoms with van der Waals surface area (Å²) in [5.74, 6) is 1.87. The summed E-state index contributed by atoms with van der Waals surface area (Å²) < 4.78 is 5.56. The number of carboxylic acids is 1. The van der Waals surface area contributed by atoms with Gasteiger partial charge in [-0.05, 0) is 127 Å². The molecule has 9 heteroatoms. The average molecular weight is 633 g/mol. The summed E-state index contributed by atoms with van der Waals surface area (Å²) >= 11 is 0. The van der Waals surface area contributed by atoms with Gasteiger partial charge in [-0.2, -0.15) is 0 Å². The number of hydrogen-bond acceptors (Lipinski definition) is 7. The van der Waals surface area contributed by atoms with E-state index in [-0.39, 0.29) is 11.9 Å². The highest BCUT2D eigenvalue weighted by molar-refractivity contribution is 5.95. The number of carbonyl (C=O) groups excluding carboxylic acids is 1. The Bertz CT molecular complexity index is 903. The predicted molar refractivity (Wildman–Crippen MR) is 180 cm³/mol. The first-order valence-electron chi connectivity index (χ1n) is 18.1. The van der Waals surface area contributed by atoms with Crippen LogP contribution in [0.3, 0.4) is 0 Å². The maximum atomic E-state index is 12.6. The molecular weight excluding hydrogens is 568 g/mol. The van der Waals surface area contributed by atoms with Gasteiger partial charge in [0, 0.05) is 12.1 Å². The van der Waals surface area contributed by atoms with Gasteiger partial charge in [-0.3, -0.25) is 14.5 Å². The molecule has 0 aromatic carbocycles. The lowest BCUT2D eigenvalue weighted by Gasteiger charge is -2.33. The van der Waals surface area contributed by atoms with Crippen molar-refractivity contribution in [1.82, 2.24) is 21.0 Å². The van der Waals surface area contributed by atoms with Gasteiger partial charge < -0.3 is 20.5 Å². The Kier molecular flexibility index (Phi) is 17.7. The number of piperidine rings is 1. The molecule has 3 aliphatic rings. The summed E-state index contributed by atoms with van der Waals surface area (Å²) in [5, 5.41) is 17.0. The monoisotopic (exact) mass is 632 g/mol. The van der Waals surface area contributed by atoms with E-state index < -0.39 is 12.3 Å². The molecule has 9 nitrogen and oxygen atoms in total. The van der Waals surface area contributed by atoms with Crippen LogP contribution in [-0.2, 0) is 19.2 Å². The molecule has 1 amide bonds. The molecule has 2 atom stereocenters. The van der Waals surface area contributed by atoms with Crippen LogP contribution in [0, 0.1) is 29.6 Å². The number of hydrogen-bond donors (Lipinski definition) is 4. The van der Waals surface area contributed by atoms with Crippen LogP contribution >= 0.6 is 0 Å². The van der Waals surface area contributed by atoms with Crippen molar-refractivity contribution in [3.8, 4) is 0 Å². The normalized spacial score (nSPS) is 24.2. The highest BCUT2D eigenvalue weighted by Crippen LogP contribution is 2.30. The lowest BCUT2D eigenvalue weighted by Crippen LogP contribution is -2.46. The molecular formula is C36H64N4O5. The molecule has 0 aromatic rings. The number of carbonyl (C=O) groups is 2. The Hall–Kier alpha value is -1.78. The van der Waals surface area contributed by atoms with Gasteiger partial charge in [0.15, 0.2) is 6.29 Å². The standard InChI is InChI=1S/C36H64N4O5/c1-5-10-33(35(41)39-45-28(4)44-26-27(2)3)13-9-20-40-21-18-31(19-22-40)24-37-23-29-14-16-30(17-15-29)25-38-34(36(42)43)32-11-7-6-8-12-32/h9-10,13,27-32,34,37-38H,5-8,11-12,14-26H2,1-4H3,(H,39,41)(H,42,43)/b13-9-,33-10+/t28?,29?,30?,34-/m0/s1. The number of rotatable bonds is 19. The van der Waals surface area contributed by atoms with Crippen LogP contribution in [-0.4, -0.2) is 80.1 Å². The third-order valence-electron chi connectivity index (χ3n) is 9.88. The van der Waals surface area contributed by atoms with Crippen molar-refractivity contribution in [2.45, 2.75) is 117 Å². The van der Waals surface area contributed by atoms with E-state index in [0.29, 0.717) is 29.9 Å². The molecule has 0 aromatic heterocycles. The maximum absolute atomic E-state index is 12.6. The van der Waals surface area contributed by atoms with Crippen molar-refractivity contribution < 1.29 is 24.3 Å². The van der Waals surface area contributed by atoms with Crippen molar-refractivity contribution in [1.29, 1.82) is 0 Å². The SMILES string of the molecule is CC/C=C(\C=C/CN1CCC(CNCC2CCC(CN[C@H](C(=O)O)C3CCCCC3)CC2)CC1)C(=O)NOC(C)OCC(C)C. The minimum absolute atomic E-state index is 0.246. The van der Waals surface area contributed by atoms with Crippen LogP contribution in [0.25, 0.3) is 0 Å². The van der Waals surface area contributed by atoms with Gasteiger partial charge in [0.05, 0.1) is 6.61 Å². The summed E-state index contributed by atoms with van der Waals surface area (Å²) in [7, 11) is 0. The van der Waals surface area contributed by atoms with Crippen molar-refractivity contribution in [2.24, 2.45) is 29.6 Å². The van der Waals surface area contributed by atoms with Gasteiger partial charge in [0.25, 0.3) is 5.91 Å². The van der Waals surface area contributed by atoms with Crippen LogP contribution in [0.1, 0.15) is 105 Å². The zero-order valence-corrected chi connectivity index (χ0v) is 28.7. The Balaban J connectivity index is 1.25.